The fourth-order valence-electron chi connectivity index (χ4n) is 2.45. The Kier molecular flexibility index (Phi) is 4.37. The van der Waals surface area contributed by atoms with Crippen LogP contribution < -0.4 is 0 Å². The first kappa shape index (κ1) is 12.3. The Morgan fingerprint density at radius 1 is 1.47 bits per heavy atom. The summed E-state index contributed by atoms with van der Waals surface area (Å²) in [6.07, 6.45) is 4.79. The van der Waals surface area contributed by atoms with Crippen LogP contribution in [0.25, 0.3) is 0 Å². The molecule has 0 amide bonds. The Morgan fingerprint density at radius 2 is 2.13 bits per heavy atom. The molecular weight excluding hydrogens is 188 g/mol. The molecule has 0 aromatic heterocycles. The lowest BCUT2D eigenvalue weighted by Gasteiger charge is -2.36. The van der Waals surface area contributed by atoms with Crippen molar-refractivity contribution in [2.24, 2.45) is 17.8 Å². The van der Waals surface area contributed by atoms with Crippen LogP contribution in [0.2, 0.25) is 0 Å². The van der Waals surface area contributed by atoms with E-state index in [1.807, 2.05) is 0 Å². The average molecular weight is 210 g/mol. The normalized spacial score (nSPS) is 31.3. The highest BCUT2D eigenvalue weighted by Gasteiger charge is 2.32. The van der Waals surface area contributed by atoms with Gasteiger partial charge in [0.2, 0.25) is 0 Å². The van der Waals surface area contributed by atoms with Gasteiger partial charge < -0.3 is 4.74 Å². The standard InChI is InChI=1S/C13H22O2/c1-5-13(14)15-12-8-10(4)6-7-11(12)9(2)3/h5,9-12H,1,6-8H2,2-4H3/t10-,11-,12+/m0/s1. The summed E-state index contributed by atoms with van der Waals surface area (Å²) in [5.74, 6) is 1.49. The third-order valence-electron chi connectivity index (χ3n) is 3.40. The minimum absolute atomic E-state index is 0.0965. The van der Waals surface area contributed by atoms with Crippen molar-refractivity contribution in [1.29, 1.82) is 0 Å². The van der Waals surface area contributed by atoms with Crippen LogP contribution in [0.4, 0.5) is 0 Å². The number of hydrogen-bond donors (Lipinski definition) is 0. The van der Waals surface area contributed by atoms with Crippen LogP contribution in [0.5, 0.6) is 0 Å². The molecule has 0 saturated heterocycles. The molecule has 3 atom stereocenters. The minimum atomic E-state index is -0.278. The van der Waals surface area contributed by atoms with Crippen LogP contribution in [0.1, 0.15) is 40.0 Å². The Balaban J connectivity index is 2.61. The lowest BCUT2D eigenvalue weighted by atomic mass is 9.75. The molecule has 0 unspecified atom stereocenters. The second-order valence-corrected chi connectivity index (χ2v) is 5.01. The van der Waals surface area contributed by atoms with Crippen LogP contribution in [-0.2, 0) is 9.53 Å². The SMILES string of the molecule is C=CC(=O)O[C@@H]1C[C@@H](C)CC[C@H]1C(C)C. The van der Waals surface area contributed by atoms with E-state index in [1.54, 1.807) is 0 Å². The molecule has 1 rings (SSSR count). The van der Waals surface area contributed by atoms with Gasteiger partial charge in [-0.3, -0.25) is 0 Å². The number of hydrogen-bond acceptors (Lipinski definition) is 2. The monoisotopic (exact) mass is 210 g/mol. The molecule has 0 N–H and O–H groups in total. The molecule has 86 valence electrons. The van der Waals surface area contributed by atoms with E-state index >= 15 is 0 Å². The molecule has 2 nitrogen and oxygen atoms in total. The fraction of sp³-hybridized carbons (Fsp3) is 0.769. The number of esters is 1. The zero-order valence-corrected chi connectivity index (χ0v) is 10.0. The van der Waals surface area contributed by atoms with E-state index in [2.05, 4.69) is 27.4 Å². The van der Waals surface area contributed by atoms with Crippen molar-refractivity contribution in [2.45, 2.75) is 46.1 Å². The van der Waals surface area contributed by atoms with Gasteiger partial charge >= 0.3 is 5.97 Å². The molecule has 1 aliphatic carbocycles. The Morgan fingerprint density at radius 3 is 2.67 bits per heavy atom. The summed E-state index contributed by atoms with van der Waals surface area (Å²) >= 11 is 0. The molecule has 0 aromatic carbocycles. The summed E-state index contributed by atoms with van der Waals surface area (Å²) in [4.78, 5) is 11.2. The van der Waals surface area contributed by atoms with Gasteiger partial charge in [0.25, 0.3) is 0 Å². The second-order valence-electron chi connectivity index (χ2n) is 5.01. The maximum absolute atomic E-state index is 11.2. The van der Waals surface area contributed by atoms with E-state index in [9.17, 15) is 4.79 Å². The molecule has 1 saturated carbocycles. The van der Waals surface area contributed by atoms with E-state index in [4.69, 9.17) is 4.74 Å². The molecule has 1 fully saturated rings. The van der Waals surface area contributed by atoms with E-state index in [1.165, 1.54) is 18.9 Å². The van der Waals surface area contributed by atoms with Gasteiger partial charge in [0.1, 0.15) is 6.10 Å². The van der Waals surface area contributed by atoms with Crippen molar-refractivity contribution < 1.29 is 9.53 Å². The van der Waals surface area contributed by atoms with E-state index in [0.29, 0.717) is 17.8 Å². The third kappa shape index (κ3) is 3.37. The highest BCUT2D eigenvalue weighted by Crippen LogP contribution is 2.35. The minimum Gasteiger partial charge on any atom is -0.459 e. The van der Waals surface area contributed by atoms with Crippen molar-refractivity contribution in [3.63, 3.8) is 0 Å². The fourth-order valence-corrected chi connectivity index (χ4v) is 2.45. The topological polar surface area (TPSA) is 26.3 Å². The van der Waals surface area contributed by atoms with Gasteiger partial charge in [-0.25, -0.2) is 4.79 Å². The first-order valence-electron chi connectivity index (χ1n) is 5.87. The number of carbonyl (C=O) groups excluding carboxylic acids is 1. The summed E-state index contributed by atoms with van der Waals surface area (Å²) in [7, 11) is 0. The van der Waals surface area contributed by atoms with Crippen molar-refractivity contribution >= 4 is 5.97 Å². The van der Waals surface area contributed by atoms with Gasteiger partial charge in [-0.05, 0) is 30.6 Å². The Hall–Kier alpha value is -0.790. The summed E-state index contributed by atoms with van der Waals surface area (Å²) in [5, 5.41) is 0. The predicted molar refractivity (Wildman–Crippen MR) is 61.4 cm³/mol. The lowest BCUT2D eigenvalue weighted by molar-refractivity contribution is -0.149. The molecule has 0 bridgehead atoms. The predicted octanol–water partition coefficient (Wildman–Crippen LogP) is 3.18. The third-order valence-corrected chi connectivity index (χ3v) is 3.40. The van der Waals surface area contributed by atoms with Gasteiger partial charge in [-0.15, -0.1) is 0 Å². The first-order chi connectivity index (χ1) is 7.04. The van der Waals surface area contributed by atoms with Gasteiger partial charge in [-0.1, -0.05) is 33.8 Å². The van der Waals surface area contributed by atoms with Crippen molar-refractivity contribution in [3.8, 4) is 0 Å². The van der Waals surface area contributed by atoms with Crippen LogP contribution in [0, 0.1) is 17.8 Å². The van der Waals surface area contributed by atoms with Gasteiger partial charge in [0.15, 0.2) is 0 Å². The second kappa shape index (κ2) is 5.34. The van der Waals surface area contributed by atoms with Gasteiger partial charge in [0.05, 0.1) is 0 Å². The summed E-state index contributed by atoms with van der Waals surface area (Å²) in [5.41, 5.74) is 0. The smallest absolute Gasteiger partial charge is 0.330 e. The van der Waals surface area contributed by atoms with E-state index < -0.39 is 0 Å². The molecule has 0 aliphatic heterocycles. The molecule has 15 heavy (non-hydrogen) atoms. The first-order valence-corrected chi connectivity index (χ1v) is 5.87. The van der Waals surface area contributed by atoms with Gasteiger partial charge in [0, 0.05) is 6.08 Å². The number of carbonyl (C=O) groups is 1. The van der Waals surface area contributed by atoms with E-state index in [-0.39, 0.29) is 12.1 Å². The Bertz CT molecular complexity index is 233. The maximum Gasteiger partial charge on any atom is 0.330 e. The molecule has 0 radical (unpaired) electrons. The average Bonchev–Trinajstić information content (AvgIpc) is 2.17. The van der Waals surface area contributed by atoms with Crippen LogP contribution >= 0.6 is 0 Å². The quantitative estimate of drug-likeness (QED) is 0.528. The molecule has 1 aliphatic rings. The highest BCUT2D eigenvalue weighted by molar-refractivity contribution is 5.81. The van der Waals surface area contributed by atoms with Crippen molar-refractivity contribution in [2.75, 3.05) is 0 Å². The van der Waals surface area contributed by atoms with Crippen LogP contribution in [0.3, 0.4) is 0 Å². The van der Waals surface area contributed by atoms with Crippen molar-refractivity contribution in [3.05, 3.63) is 12.7 Å². The van der Waals surface area contributed by atoms with Crippen molar-refractivity contribution in [1.82, 2.24) is 0 Å². The molecule has 0 aromatic rings. The molecular formula is C13H22O2. The van der Waals surface area contributed by atoms with Crippen LogP contribution in [-0.4, -0.2) is 12.1 Å². The molecule has 0 heterocycles. The summed E-state index contributed by atoms with van der Waals surface area (Å²) < 4.78 is 5.43. The van der Waals surface area contributed by atoms with Gasteiger partial charge in [-0.2, -0.15) is 0 Å². The number of rotatable bonds is 3. The maximum atomic E-state index is 11.2. The zero-order valence-electron chi connectivity index (χ0n) is 10.0. The summed E-state index contributed by atoms with van der Waals surface area (Å²) in [6, 6.07) is 0. The highest BCUT2D eigenvalue weighted by atomic mass is 16.5. The van der Waals surface area contributed by atoms with E-state index in [0.717, 1.165) is 6.42 Å². The lowest BCUT2D eigenvalue weighted by Crippen LogP contribution is -2.35. The molecule has 0 spiro atoms. The summed E-state index contributed by atoms with van der Waals surface area (Å²) in [6.45, 7) is 10.1. The zero-order chi connectivity index (χ0) is 11.4. The number of ether oxygens (including phenoxy) is 1. The largest absolute Gasteiger partial charge is 0.459 e. The Labute approximate surface area is 92.7 Å². The molecule has 2 heteroatoms. The van der Waals surface area contributed by atoms with Crippen LogP contribution in [0.15, 0.2) is 12.7 Å².